The number of carbonyl (C=O) groups excluding carboxylic acids is 2. The molecule has 0 saturated heterocycles. The zero-order valence-electron chi connectivity index (χ0n) is 18.8. The normalized spacial score (nSPS) is 12.7. The Morgan fingerprint density at radius 1 is 1.15 bits per heavy atom. The molecule has 10 heteroatoms. The van der Waals surface area contributed by atoms with E-state index in [4.69, 9.17) is 0 Å². The van der Waals surface area contributed by atoms with E-state index in [9.17, 15) is 22.8 Å². The lowest BCUT2D eigenvalue weighted by Crippen LogP contribution is -2.35. The van der Waals surface area contributed by atoms with Gasteiger partial charge in [-0.2, -0.15) is 13.2 Å². The molecule has 0 radical (unpaired) electrons. The highest BCUT2D eigenvalue weighted by Crippen LogP contribution is 2.30. The topological polar surface area (TPSA) is 91.0 Å². The standard InChI is InChI=1S/C23H26F3N5O2/c1-13(2)20(19(32)5-6-23(24,25)26)30-16-7-14(9-27-11-16)18-12-29-21-17(18)8-15(10-28-21)22(33)31(3)4/h7-13,20,30H,5-6H2,1-4H3,(H,28,29)/t20-/m1/s1. The molecule has 0 unspecified atom stereocenters. The molecule has 0 spiro atoms. The zero-order chi connectivity index (χ0) is 24.3. The van der Waals surface area contributed by atoms with Crippen LogP contribution in [-0.2, 0) is 4.79 Å². The molecule has 0 aliphatic rings. The van der Waals surface area contributed by atoms with Gasteiger partial charge in [0.1, 0.15) is 5.65 Å². The summed E-state index contributed by atoms with van der Waals surface area (Å²) in [6.07, 6.45) is 0.287. The van der Waals surface area contributed by atoms with Crippen LogP contribution in [0.3, 0.4) is 0 Å². The Morgan fingerprint density at radius 3 is 2.52 bits per heavy atom. The first-order chi connectivity index (χ1) is 15.5. The predicted octanol–water partition coefficient (Wildman–Crippen LogP) is 4.67. The minimum Gasteiger partial charge on any atom is -0.374 e. The van der Waals surface area contributed by atoms with Crippen LogP contribution in [0, 0.1) is 5.92 Å². The molecule has 0 aliphatic heterocycles. The number of hydrogen-bond donors (Lipinski definition) is 2. The SMILES string of the molecule is CC(C)[C@@H](Nc1cncc(-c2c[nH]c3ncc(C(=O)N(C)C)cc23)c1)C(=O)CCC(F)(F)F. The zero-order valence-corrected chi connectivity index (χ0v) is 18.8. The number of carbonyl (C=O) groups is 2. The average molecular weight is 461 g/mol. The number of pyridine rings is 2. The van der Waals surface area contributed by atoms with Crippen molar-refractivity contribution in [3.05, 3.63) is 42.5 Å². The van der Waals surface area contributed by atoms with Crippen molar-refractivity contribution in [2.75, 3.05) is 19.4 Å². The van der Waals surface area contributed by atoms with Crippen LogP contribution in [0.1, 0.15) is 37.0 Å². The van der Waals surface area contributed by atoms with E-state index in [-0.39, 0.29) is 11.8 Å². The predicted molar refractivity (Wildman–Crippen MR) is 120 cm³/mol. The summed E-state index contributed by atoms with van der Waals surface area (Å²) in [6.45, 7) is 3.55. The van der Waals surface area contributed by atoms with Gasteiger partial charge in [0.2, 0.25) is 0 Å². The van der Waals surface area contributed by atoms with Crippen molar-refractivity contribution in [3.63, 3.8) is 0 Å². The van der Waals surface area contributed by atoms with Crippen LogP contribution in [0.4, 0.5) is 18.9 Å². The van der Waals surface area contributed by atoms with E-state index < -0.39 is 30.8 Å². The lowest BCUT2D eigenvalue weighted by Gasteiger charge is -2.22. The Labute approximate surface area is 189 Å². The summed E-state index contributed by atoms with van der Waals surface area (Å²) < 4.78 is 37.7. The van der Waals surface area contributed by atoms with Gasteiger partial charge in [-0.25, -0.2) is 4.98 Å². The number of halogens is 3. The first-order valence-electron chi connectivity index (χ1n) is 10.5. The molecule has 1 amide bonds. The molecule has 1 atom stereocenters. The molecule has 0 aliphatic carbocycles. The van der Waals surface area contributed by atoms with Crippen LogP contribution in [0.5, 0.6) is 0 Å². The van der Waals surface area contributed by atoms with Crippen LogP contribution in [-0.4, -0.2) is 57.9 Å². The summed E-state index contributed by atoms with van der Waals surface area (Å²) in [6, 6.07) is 2.73. The van der Waals surface area contributed by atoms with Crippen molar-refractivity contribution in [2.45, 2.75) is 38.9 Å². The number of Topliss-reactive ketones (excluding diaryl/α,β-unsaturated/α-hetero) is 1. The molecule has 7 nitrogen and oxygen atoms in total. The van der Waals surface area contributed by atoms with Gasteiger partial charge in [-0.15, -0.1) is 0 Å². The van der Waals surface area contributed by atoms with Crippen molar-refractivity contribution in [3.8, 4) is 11.1 Å². The van der Waals surface area contributed by atoms with Crippen molar-refractivity contribution >= 4 is 28.4 Å². The molecule has 3 heterocycles. The summed E-state index contributed by atoms with van der Waals surface area (Å²) in [5.41, 5.74) is 3.00. The molecular formula is C23H26F3N5O2. The number of aromatic nitrogens is 3. The van der Waals surface area contributed by atoms with Crippen molar-refractivity contribution in [1.29, 1.82) is 0 Å². The third-order valence-electron chi connectivity index (χ3n) is 5.22. The van der Waals surface area contributed by atoms with Gasteiger partial charge in [0.05, 0.1) is 23.7 Å². The lowest BCUT2D eigenvalue weighted by atomic mass is 9.96. The Balaban J connectivity index is 1.88. The average Bonchev–Trinajstić information content (AvgIpc) is 3.18. The fraction of sp³-hybridized carbons (Fsp3) is 0.391. The summed E-state index contributed by atoms with van der Waals surface area (Å²) in [4.78, 5) is 37.8. The number of nitrogens with one attached hydrogen (secondary N) is 2. The summed E-state index contributed by atoms with van der Waals surface area (Å²) in [5, 5.41) is 3.77. The number of rotatable bonds is 8. The fourth-order valence-corrected chi connectivity index (χ4v) is 3.50. The second-order valence-electron chi connectivity index (χ2n) is 8.43. The van der Waals surface area contributed by atoms with Crippen LogP contribution in [0.25, 0.3) is 22.2 Å². The third-order valence-corrected chi connectivity index (χ3v) is 5.22. The van der Waals surface area contributed by atoms with Crippen molar-refractivity contribution < 1.29 is 22.8 Å². The number of anilines is 1. The molecule has 0 aromatic carbocycles. The van der Waals surface area contributed by atoms with Gasteiger partial charge in [0.25, 0.3) is 5.91 Å². The van der Waals surface area contributed by atoms with Gasteiger partial charge in [0, 0.05) is 61.8 Å². The molecule has 3 aromatic rings. The van der Waals surface area contributed by atoms with E-state index in [1.807, 2.05) is 0 Å². The minimum atomic E-state index is -4.38. The highest BCUT2D eigenvalue weighted by Gasteiger charge is 2.31. The van der Waals surface area contributed by atoms with Crippen LogP contribution >= 0.6 is 0 Å². The quantitative estimate of drug-likeness (QED) is 0.509. The van der Waals surface area contributed by atoms with Gasteiger partial charge >= 0.3 is 6.18 Å². The number of alkyl halides is 3. The van der Waals surface area contributed by atoms with Crippen LogP contribution in [0.2, 0.25) is 0 Å². The number of hydrogen-bond acceptors (Lipinski definition) is 5. The molecule has 176 valence electrons. The molecule has 33 heavy (non-hydrogen) atoms. The number of ketones is 1. The van der Waals surface area contributed by atoms with E-state index in [2.05, 4.69) is 20.3 Å². The van der Waals surface area contributed by atoms with Crippen LogP contribution in [0.15, 0.2) is 36.9 Å². The van der Waals surface area contributed by atoms with E-state index in [0.29, 0.717) is 22.5 Å². The highest BCUT2D eigenvalue weighted by atomic mass is 19.4. The Morgan fingerprint density at radius 2 is 1.88 bits per heavy atom. The van der Waals surface area contributed by atoms with E-state index in [1.165, 1.54) is 17.3 Å². The minimum absolute atomic E-state index is 0.178. The molecule has 3 rings (SSSR count). The third kappa shape index (κ3) is 5.88. The fourth-order valence-electron chi connectivity index (χ4n) is 3.50. The van der Waals surface area contributed by atoms with Crippen molar-refractivity contribution in [1.82, 2.24) is 19.9 Å². The van der Waals surface area contributed by atoms with E-state index in [0.717, 1.165) is 10.9 Å². The van der Waals surface area contributed by atoms with Gasteiger partial charge in [-0.3, -0.25) is 14.6 Å². The molecule has 0 fully saturated rings. The Hall–Kier alpha value is -3.43. The Bertz CT molecular complexity index is 1150. The van der Waals surface area contributed by atoms with Gasteiger partial charge < -0.3 is 15.2 Å². The van der Waals surface area contributed by atoms with Gasteiger partial charge in [0.15, 0.2) is 5.78 Å². The molecule has 0 bridgehead atoms. The first-order valence-corrected chi connectivity index (χ1v) is 10.5. The lowest BCUT2D eigenvalue weighted by molar-refractivity contribution is -0.143. The maximum atomic E-state index is 12.6. The van der Waals surface area contributed by atoms with Crippen molar-refractivity contribution in [2.24, 2.45) is 5.92 Å². The van der Waals surface area contributed by atoms with E-state index in [1.54, 1.807) is 52.5 Å². The monoisotopic (exact) mass is 461 g/mol. The maximum absolute atomic E-state index is 12.6. The molecule has 0 saturated carbocycles. The molecule has 2 N–H and O–H groups in total. The maximum Gasteiger partial charge on any atom is 0.389 e. The number of H-pyrrole nitrogens is 1. The van der Waals surface area contributed by atoms with E-state index >= 15 is 0 Å². The second kappa shape index (κ2) is 9.60. The molecular weight excluding hydrogens is 435 g/mol. The number of amides is 1. The number of nitrogens with zero attached hydrogens (tertiary/aromatic N) is 3. The largest absolute Gasteiger partial charge is 0.389 e. The molecule has 3 aromatic heterocycles. The Kier molecular flexibility index (Phi) is 7.04. The number of aromatic amines is 1. The van der Waals surface area contributed by atoms with Gasteiger partial charge in [-0.1, -0.05) is 13.8 Å². The summed E-state index contributed by atoms with van der Waals surface area (Å²) in [5.74, 6) is -0.899. The first kappa shape index (κ1) is 24.2. The smallest absolute Gasteiger partial charge is 0.374 e. The summed E-state index contributed by atoms with van der Waals surface area (Å²) >= 11 is 0. The second-order valence-corrected chi connectivity index (χ2v) is 8.43. The highest BCUT2D eigenvalue weighted by molar-refractivity contribution is 6.01. The number of fused-ring (bicyclic) bond motifs is 1. The summed E-state index contributed by atoms with van der Waals surface area (Å²) in [7, 11) is 3.32. The van der Waals surface area contributed by atoms with Crippen LogP contribution < -0.4 is 5.32 Å². The van der Waals surface area contributed by atoms with Gasteiger partial charge in [-0.05, 0) is 18.1 Å².